The number of nitrogens with zero attached hydrogens (tertiary/aromatic N) is 1. The van der Waals surface area contributed by atoms with E-state index < -0.39 is 0 Å². The van der Waals surface area contributed by atoms with Gasteiger partial charge in [0.1, 0.15) is 0 Å². The van der Waals surface area contributed by atoms with Crippen LogP contribution in [0.5, 0.6) is 0 Å². The first-order chi connectivity index (χ1) is 11.8. The SMILES string of the molecule is O=C(NC1=N[C@@]2(C3CCCCC3)CNC[C@H]2CS1)c1ccccc1. The second-order valence-corrected chi connectivity index (χ2v) is 8.21. The molecule has 1 aromatic rings. The van der Waals surface area contributed by atoms with Crippen LogP contribution in [0.3, 0.4) is 0 Å². The fraction of sp³-hybridized carbons (Fsp3) is 0.579. The van der Waals surface area contributed by atoms with Crippen LogP contribution in [0, 0.1) is 11.8 Å². The molecule has 1 amide bonds. The highest BCUT2D eigenvalue weighted by atomic mass is 32.2. The van der Waals surface area contributed by atoms with Crippen molar-refractivity contribution in [1.82, 2.24) is 10.6 Å². The molecule has 2 aliphatic heterocycles. The monoisotopic (exact) mass is 343 g/mol. The number of carbonyl (C=O) groups excluding carboxylic acids is 1. The van der Waals surface area contributed by atoms with Gasteiger partial charge in [-0.15, -0.1) is 0 Å². The second-order valence-electron chi connectivity index (χ2n) is 7.20. The fourth-order valence-electron chi connectivity index (χ4n) is 4.50. The number of fused-ring (bicyclic) bond motifs is 1. The summed E-state index contributed by atoms with van der Waals surface area (Å²) in [7, 11) is 0. The van der Waals surface area contributed by atoms with Gasteiger partial charge in [-0.3, -0.25) is 9.79 Å². The predicted octanol–water partition coefficient (Wildman–Crippen LogP) is 3.06. The summed E-state index contributed by atoms with van der Waals surface area (Å²) in [6, 6.07) is 9.41. The predicted molar refractivity (Wildman–Crippen MR) is 99.5 cm³/mol. The molecule has 2 fully saturated rings. The van der Waals surface area contributed by atoms with Gasteiger partial charge in [-0.05, 0) is 30.9 Å². The zero-order valence-corrected chi connectivity index (χ0v) is 14.8. The Kier molecular flexibility index (Phi) is 4.63. The van der Waals surface area contributed by atoms with E-state index in [4.69, 9.17) is 4.99 Å². The third-order valence-corrected chi connectivity index (χ3v) is 6.84. The molecule has 1 aromatic carbocycles. The summed E-state index contributed by atoms with van der Waals surface area (Å²) < 4.78 is 0. The minimum atomic E-state index is -0.0509. The van der Waals surface area contributed by atoms with E-state index in [2.05, 4.69) is 10.6 Å². The summed E-state index contributed by atoms with van der Waals surface area (Å²) in [6.07, 6.45) is 6.58. The molecule has 2 N–H and O–H groups in total. The van der Waals surface area contributed by atoms with E-state index in [0.29, 0.717) is 17.4 Å². The third kappa shape index (κ3) is 3.00. The molecule has 1 saturated heterocycles. The number of amides is 1. The minimum Gasteiger partial charge on any atom is -0.314 e. The van der Waals surface area contributed by atoms with Crippen molar-refractivity contribution in [3.63, 3.8) is 0 Å². The molecule has 0 aromatic heterocycles. The lowest BCUT2D eigenvalue weighted by molar-refractivity contribution is 0.0977. The maximum Gasteiger partial charge on any atom is 0.257 e. The van der Waals surface area contributed by atoms with E-state index in [1.807, 2.05) is 30.3 Å². The Bertz CT molecular complexity index is 627. The number of nitrogens with one attached hydrogen (secondary N) is 2. The van der Waals surface area contributed by atoms with Gasteiger partial charge in [0.15, 0.2) is 5.17 Å². The molecule has 24 heavy (non-hydrogen) atoms. The normalized spacial score (nSPS) is 30.5. The van der Waals surface area contributed by atoms with Crippen molar-refractivity contribution in [1.29, 1.82) is 0 Å². The van der Waals surface area contributed by atoms with E-state index >= 15 is 0 Å². The highest BCUT2D eigenvalue weighted by Crippen LogP contribution is 2.45. The van der Waals surface area contributed by atoms with Crippen LogP contribution in [-0.4, -0.2) is 35.5 Å². The van der Waals surface area contributed by atoms with Crippen molar-refractivity contribution in [2.24, 2.45) is 16.8 Å². The van der Waals surface area contributed by atoms with Gasteiger partial charge in [0, 0.05) is 30.3 Å². The van der Waals surface area contributed by atoms with Gasteiger partial charge in [-0.2, -0.15) is 0 Å². The Morgan fingerprint density at radius 3 is 2.75 bits per heavy atom. The summed E-state index contributed by atoms with van der Waals surface area (Å²) in [6.45, 7) is 2.03. The zero-order chi connectivity index (χ0) is 16.4. The van der Waals surface area contributed by atoms with E-state index in [0.717, 1.165) is 24.0 Å². The van der Waals surface area contributed by atoms with Gasteiger partial charge >= 0.3 is 0 Å². The quantitative estimate of drug-likeness (QED) is 0.868. The lowest BCUT2D eigenvalue weighted by Crippen LogP contribution is -2.50. The molecule has 4 nitrogen and oxygen atoms in total. The first-order valence-electron chi connectivity index (χ1n) is 9.08. The lowest BCUT2D eigenvalue weighted by atomic mass is 9.70. The Balaban J connectivity index is 1.56. The number of carbonyl (C=O) groups is 1. The second kappa shape index (κ2) is 6.89. The first-order valence-corrected chi connectivity index (χ1v) is 10.1. The molecular formula is C19H25N3OS. The number of hydrogen-bond donors (Lipinski definition) is 2. The van der Waals surface area contributed by atoms with Crippen LogP contribution in [0.15, 0.2) is 35.3 Å². The summed E-state index contributed by atoms with van der Waals surface area (Å²) in [5, 5.41) is 7.45. The summed E-state index contributed by atoms with van der Waals surface area (Å²) in [5.74, 6) is 2.26. The van der Waals surface area contributed by atoms with Gasteiger partial charge < -0.3 is 10.6 Å². The van der Waals surface area contributed by atoms with Crippen LogP contribution in [0.2, 0.25) is 0 Å². The molecule has 2 heterocycles. The van der Waals surface area contributed by atoms with E-state index in [9.17, 15) is 4.79 Å². The number of rotatable bonds is 2. The number of amidine groups is 1. The van der Waals surface area contributed by atoms with Gasteiger partial charge in [0.25, 0.3) is 5.91 Å². The van der Waals surface area contributed by atoms with E-state index in [-0.39, 0.29) is 11.4 Å². The van der Waals surface area contributed by atoms with Crippen molar-refractivity contribution in [2.45, 2.75) is 37.6 Å². The minimum absolute atomic E-state index is 0.00493. The third-order valence-electron chi connectivity index (χ3n) is 5.81. The van der Waals surface area contributed by atoms with Crippen molar-refractivity contribution in [3.8, 4) is 0 Å². The van der Waals surface area contributed by atoms with Crippen LogP contribution in [0.25, 0.3) is 0 Å². The first kappa shape index (κ1) is 16.2. The molecule has 3 aliphatic rings. The molecule has 5 heteroatoms. The fourth-order valence-corrected chi connectivity index (χ4v) is 5.66. The highest BCUT2D eigenvalue weighted by molar-refractivity contribution is 8.13. The lowest BCUT2D eigenvalue weighted by Gasteiger charge is -2.43. The maximum atomic E-state index is 12.5. The molecular weight excluding hydrogens is 318 g/mol. The van der Waals surface area contributed by atoms with Crippen molar-refractivity contribution >= 4 is 22.8 Å². The van der Waals surface area contributed by atoms with Crippen LogP contribution in [0.4, 0.5) is 0 Å². The molecule has 1 aliphatic carbocycles. The van der Waals surface area contributed by atoms with E-state index in [1.165, 1.54) is 32.1 Å². The van der Waals surface area contributed by atoms with Crippen molar-refractivity contribution in [2.75, 3.05) is 18.8 Å². The molecule has 0 radical (unpaired) electrons. The Hall–Kier alpha value is -1.33. The van der Waals surface area contributed by atoms with E-state index in [1.54, 1.807) is 11.8 Å². The average Bonchev–Trinajstić information content (AvgIpc) is 3.07. The topological polar surface area (TPSA) is 53.5 Å². The molecule has 128 valence electrons. The number of aliphatic imine (C=N–C) groups is 1. The largest absolute Gasteiger partial charge is 0.314 e. The van der Waals surface area contributed by atoms with Crippen LogP contribution in [0.1, 0.15) is 42.5 Å². The molecule has 1 saturated carbocycles. The Morgan fingerprint density at radius 1 is 1.17 bits per heavy atom. The molecule has 0 bridgehead atoms. The van der Waals surface area contributed by atoms with Crippen molar-refractivity contribution < 1.29 is 4.79 Å². The Labute approximate surface area is 147 Å². The Morgan fingerprint density at radius 2 is 1.96 bits per heavy atom. The van der Waals surface area contributed by atoms with Gasteiger partial charge in [0.05, 0.1) is 5.54 Å². The number of thioether (sulfide) groups is 1. The smallest absolute Gasteiger partial charge is 0.257 e. The van der Waals surface area contributed by atoms with Gasteiger partial charge in [-0.25, -0.2) is 0 Å². The van der Waals surface area contributed by atoms with Crippen LogP contribution < -0.4 is 10.6 Å². The number of benzene rings is 1. The van der Waals surface area contributed by atoms with Gasteiger partial charge in [0.2, 0.25) is 0 Å². The van der Waals surface area contributed by atoms with Gasteiger partial charge in [-0.1, -0.05) is 49.2 Å². The summed E-state index contributed by atoms with van der Waals surface area (Å²) in [5.41, 5.74) is 0.699. The summed E-state index contributed by atoms with van der Waals surface area (Å²) >= 11 is 1.70. The standard InChI is InChI=1S/C19H25N3OS/c23-17(14-7-3-1-4-8-14)21-18-22-19(15-9-5-2-6-10-15)13-20-11-16(19)12-24-18/h1,3-4,7-8,15-16,20H,2,5-6,9-13H2,(H,21,22,23)/t16-,19+/m0/s1. The summed E-state index contributed by atoms with van der Waals surface area (Å²) in [4.78, 5) is 17.6. The molecule has 0 unspecified atom stereocenters. The van der Waals surface area contributed by atoms with Crippen molar-refractivity contribution in [3.05, 3.63) is 35.9 Å². The molecule has 0 spiro atoms. The molecule has 2 atom stereocenters. The average molecular weight is 343 g/mol. The van der Waals surface area contributed by atoms with Crippen LogP contribution >= 0.6 is 11.8 Å². The zero-order valence-electron chi connectivity index (χ0n) is 14.0. The highest BCUT2D eigenvalue weighted by Gasteiger charge is 2.50. The number of hydrogen-bond acceptors (Lipinski definition) is 4. The molecule has 4 rings (SSSR count). The maximum absolute atomic E-state index is 12.5. The van der Waals surface area contributed by atoms with Crippen LogP contribution in [-0.2, 0) is 0 Å².